The zero-order valence-electron chi connectivity index (χ0n) is 6.51. The molecule has 2 nitrogen and oxygen atoms in total. The Bertz CT molecular complexity index is 136. The Balaban J connectivity index is 1.81. The average molecular weight is 141 g/mol. The fraction of sp³-hybridized carbons (Fsp3) is 1.00. The van der Waals surface area contributed by atoms with Gasteiger partial charge in [-0.3, -0.25) is 4.90 Å². The molecule has 1 N–H and O–H groups in total. The highest BCUT2D eigenvalue weighted by atomic mass is 16.3. The lowest BCUT2D eigenvalue weighted by Crippen LogP contribution is -2.57. The first-order chi connectivity index (χ1) is 4.73. The minimum absolute atomic E-state index is 0.239. The molecule has 58 valence electrons. The number of hydrogen-bond donors (Lipinski definition) is 1. The van der Waals surface area contributed by atoms with E-state index in [-0.39, 0.29) is 5.41 Å². The van der Waals surface area contributed by atoms with Crippen LogP contribution in [0.3, 0.4) is 0 Å². The number of aliphatic hydroxyl groups excluding tert-OH is 1. The van der Waals surface area contributed by atoms with Crippen LogP contribution in [0.15, 0.2) is 0 Å². The molecule has 1 aliphatic carbocycles. The number of hydrogen-bond acceptors (Lipinski definition) is 2. The fourth-order valence-corrected chi connectivity index (χ4v) is 1.73. The third-order valence-corrected chi connectivity index (χ3v) is 2.61. The van der Waals surface area contributed by atoms with E-state index in [1.54, 1.807) is 0 Å². The smallest absolute Gasteiger partial charge is 0.0509 e. The molecule has 1 saturated heterocycles. The van der Waals surface area contributed by atoms with Gasteiger partial charge in [-0.2, -0.15) is 0 Å². The second-order valence-corrected chi connectivity index (χ2v) is 4.10. The van der Waals surface area contributed by atoms with Crippen molar-refractivity contribution in [3.05, 3.63) is 0 Å². The highest BCUT2D eigenvalue weighted by Crippen LogP contribution is 2.38. The summed E-state index contributed by atoms with van der Waals surface area (Å²) < 4.78 is 0. The molecule has 0 aromatic heterocycles. The highest BCUT2D eigenvalue weighted by molar-refractivity contribution is 4.98. The van der Waals surface area contributed by atoms with Crippen molar-refractivity contribution in [1.29, 1.82) is 0 Å². The van der Waals surface area contributed by atoms with Gasteiger partial charge in [-0.25, -0.2) is 0 Å². The maximum atomic E-state index is 8.94. The van der Waals surface area contributed by atoms with E-state index in [2.05, 4.69) is 11.8 Å². The van der Waals surface area contributed by atoms with E-state index < -0.39 is 0 Å². The fourth-order valence-electron chi connectivity index (χ4n) is 1.73. The summed E-state index contributed by atoms with van der Waals surface area (Å²) in [7, 11) is 0. The van der Waals surface area contributed by atoms with Gasteiger partial charge in [-0.05, 0) is 12.8 Å². The molecule has 0 radical (unpaired) electrons. The molecular weight excluding hydrogens is 126 g/mol. The third-order valence-electron chi connectivity index (χ3n) is 2.61. The van der Waals surface area contributed by atoms with Crippen LogP contribution in [-0.4, -0.2) is 35.7 Å². The Labute approximate surface area is 61.8 Å². The molecule has 2 aliphatic rings. The maximum absolute atomic E-state index is 8.94. The Morgan fingerprint density at radius 2 is 2.10 bits per heavy atom. The number of likely N-dealkylation sites (tertiary alicyclic amines) is 1. The van der Waals surface area contributed by atoms with Crippen molar-refractivity contribution in [2.45, 2.75) is 25.8 Å². The van der Waals surface area contributed by atoms with Crippen molar-refractivity contribution < 1.29 is 5.11 Å². The van der Waals surface area contributed by atoms with Crippen LogP contribution in [0.1, 0.15) is 19.8 Å². The normalized spacial score (nSPS) is 31.8. The average Bonchev–Trinajstić information content (AvgIpc) is 2.62. The van der Waals surface area contributed by atoms with Crippen molar-refractivity contribution in [2.75, 3.05) is 19.7 Å². The largest absolute Gasteiger partial charge is 0.396 e. The summed E-state index contributed by atoms with van der Waals surface area (Å²) >= 11 is 0. The lowest BCUT2D eigenvalue weighted by molar-refractivity contribution is -0.0319. The molecule has 0 aromatic carbocycles. The first-order valence-electron chi connectivity index (χ1n) is 4.08. The Morgan fingerprint density at radius 1 is 1.50 bits per heavy atom. The minimum Gasteiger partial charge on any atom is -0.396 e. The van der Waals surface area contributed by atoms with Crippen LogP contribution in [0, 0.1) is 5.41 Å². The quantitative estimate of drug-likeness (QED) is 0.604. The van der Waals surface area contributed by atoms with Gasteiger partial charge in [-0.15, -0.1) is 0 Å². The summed E-state index contributed by atoms with van der Waals surface area (Å²) in [4.78, 5) is 2.48. The molecule has 0 unspecified atom stereocenters. The highest BCUT2D eigenvalue weighted by Gasteiger charge is 2.44. The Kier molecular flexibility index (Phi) is 1.29. The molecule has 1 saturated carbocycles. The number of rotatable bonds is 2. The monoisotopic (exact) mass is 141 g/mol. The van der Waals surface area contributed by atoms with Crippen molar-refractivity contribution in [3.63, 3.8) is 0 Å². The van der Waals surface area contributed by atoms with E-state index in [1.165, 1.54) is 12.8 Å². The van der Waals surface area contributed by atoms with E-state index in [9.17, 15) is 0 Å². The van der Waals surface area contributed by atoms with E-state index >= 15 is 0 Å². The number of nitrogens with zero attached hydrogens (tertiary/aromatic N) is 1. The van der Waals surface area contributed by atoms with E-state index in [1.807, 2.05) is 0 Å². The second kappa shape index (κ2) is 1.95. The van der Waals surface area contributed by atoms with E-state index in [4.69, 9.17) is 5.11 Å². The van der Waals surface area contributed by atoms with Gasteiger partial charge in [0.1, 0.15) is 0 Å². The van der Waals surface area contributed by atoms with Gasteiger partial charge in [0.05, 0.1) is 6.61 Å². The molecule has 10 heavy (non-hydrogen) atoms. The minimum atomic E-state index is 0.239. The molecule has 0 aromatic rings. The van der Waals surface area contributed by atoms with Gasteiger partial charge in [0.25, 0.3) is 0 Å². The predicted octanol–water partition coefficient (Wildman–Crippen LogP) is 0.463. The molecule has 0 atom stereocenters. The van der Waals surface area contributed by atoms with Crippen LogP contribution in [0.25, 0.3) is 0 Å². The van der Waals surface area contributed by atoms with Gasteiger partial charge in [0.2, 0.25) is 0 Å². The molecule has 2 fully saturated rings. The van der Waals surface area contributed by atoms with Gasteiger partial charge >= 0.3 is 0 Å². The lowest BCUT2D eigenvalue weighted by Gasteiger charge is -2.47. The zero-order chi connectivity index (χ0) is 7.19. The van der Waals surface area contributed by atoms with Crippen LogP contribution in [0.4, 0.5) is 0 Å². The second-order valence-electron chi connectivity index (χ2n) is 4.10. The van der Waals surface area contributed by atoms with Crippen LogP contribution in [0.2, 0.25) is 0 Å². The lowest BCUT2D eigenvalue weighted by atomic mass is 9.83. The van der Waals surface area contributed by atoms with Crippen LogP contribution in [-0.2, 0) is 0 Å². The van der Waals surface area contributed by atoms with E-state index in [0.29, 0.717) is 6.61 Å². The van der Waals surface area contributed by atoms with Gasteiger partial charge in [0, 0.05) is 24.5 Å². The predicted molar refractivity (Wildman–Crippen MR) is 39.8 cm³/mol. The van der Waals surface area contributed by atoms with Crippen LogP contribution >= 0.6 is 0 Å². The Hall–Kier alpha value is -0.0800. The van der Waals surface area contributed by atoms with Crippen LogP contribution < -0.4 is 0 Å². The van der Waals surface area contributed by atoms with Gasteiger partial charge in [-0.1, -0.05) is 6.92 Å². The maximum Gasteiger partial charge on any atom is 0.0509 e. The van der Waals surface area contributed by atoms with Crippen molar-refractivity contribution in [1.82, 2.24) is 4.90 Å². The summed E-state index contributed by atoms with van der Waals surface area (Å²) in [5, 5.41) is 8.94. The standard InChI is InChI=1S/C8H15NO/c1-8(6-10)4-9(5-8)7-2-3-7/h7,10H,2-6H2,1H3. The first-order valence-corrected chi connectivity index (χ1v) is 4.08. The summed E-state index contributed by atoms with van der Waals surface area (Å²) in [5.41, 5.74) is 0.239. The third kappa shape index (κ3) is 0.956. The molecule has 2 rings (SSSR count). The Morgan fingerprint density at radius 3 is 2.50 bits per heavy atom. The molecular formula is C8H15NO. The summed E-state index contributed by atoms with van der Waals surface area (Å²) in [6, 6.07) is 0.889. The zero-order valence-corrected chi connectivity index (χ0v) is 6.51. The van der Waals surface area contributed by atoms with Gasteiger partial charge < -0.3 is 5.11 Å². The van der Waals surface area contributed by atoms with E-state index in [0.717, 1.165) is 19.1 Å². The van der Waals surface area contributed by atoms with Gasteiger partial charge in [0.15, 0.2) is 0 Å². The SMILES string of the molecule is CC1(CO)CN(C2CC2)C1. The summed E-state index contributed by atoms with van der Waals surface area (Å²) in [5.74, 6) is 0. The van der Waals surface area contributed by atoms with Crippen molar-refractivity contribution in [3.8, 4) is 0 Å². The van der Waals surface area contributed by atoms with Crippen LogP contribution in [0.5, 0.6) is 0 Å². The first kappa shape index (κ1) is 6.62. The molecule has 1 aliphatic heterocycles. The van der Waals surface area contributed by atoms with Crippen molar-refractivity contribution in [2.24, 2.45) is 5.41 Å². The molecule has 0 bridgehead atoms. The summed E-state index contributed by atoms with van der Waals surface area (Å²) in [6.07, 6.45) is 2.78. The van der Waals surface area contributed by atoms with Crippen molar-refractivity contribution >= 4 is 0 Å². The molecule has 0 spiro atoms. The topological polar surface area (TPSA) is 23.5 Å². The molecule has 1 heterocycles. The molecule has 2 heteroatoms. The number of aliphatic hydroxyl groups is 1. The molecule has 0 amide bonds. The summed E-state index contributed by atoms with van der Waals surface area (Å²) in [6.45, 7) is 4.75.